The molecule has 2 unspecified atom stereocenters. The summed E-state index contributed by atoms with van der Waals surface area (Å²) in [5, 5.41) is 2.84. The summed E-state index contributed by atoms with van der Waals surface area (Å²) in [4.78, 5) is 13.4. The summed E-state index contributed by atoms with van der Waals surface area (Å²) >= 11 is 1.24. The van der Waals surface area contributed by atoms with E-state index in [0.29, 0.717) is 36.1 Å². The SMILES string of the molecule is Cc1ccc(S(=O)(=O)N2CCCC2C(=O)NCC(N)C2CC2)s1. The van der Waals surface area contributed by atoms with E-state index in [1.54, 1.807) is 12.1 Å². The number of nitrogens with one attached hydrogen (secondary N) is 1. The zero-order valence-electron chi connectivity index (χ0n) is 13.2. The minimum absolute atomic E-state index is 0.0228. The van der Waals surface area contributed by atoms with E-state index in [0.717, 1.165) is 17.7 Å². The van der Waals surface area contributed by atoms with Crippen LogP contribution in [0, 0.1) is 12.8 Å². The summed E-state index contributed by atoms with van der Waals surface area (Å²) in [6.07, 6.45) is 3.52. The van der Waals surface area contributed by atoms with Crippen molar-refractivity contribution in [2.24, 2.45) is 11.7 Å². The quantitative estimate of drug-likeness (QED) is 0.796. The zero-order valence-corrected chi connectivity index (χ0v) is 14.8. The number of nitrogens with two attached hydrogens (primary N) is 1. The van der Waals surface area contributed by atoms with Gasteiger partial charge in [-0.15, -0.1) is 11.3 Å². The summed E-state index contributed by atoms with van der Waals surface area (Å²) in [6.45, 7) is 2.69. The summed E-state index contributed by atoms with van der Waals surface area (Å²) in [5.41, 5.74) is 6.00. The standard InChI is InChI=1S/C15H23N3O3S2/c1-10-4-7-14(22-10)23(20,21)18-8-2-3-13(18)15(19)17-9-12(16)11-5-6-11/h4,7,11-13H,2-3,5-6,8-9,16H2,1H3,(H,17,19). The summed E-state index contributed by atoms with van der Waals surface area (Å²) in [7, 11) is -3.59. The van der Waals surface area contributed by atoms with Gasteiger partial charge in [0.1, 0.15) is 10.3 Å². The minimum atomic E-state index is -3.59. The van der Waals surface area contributed by atoms with E-state index in [2.05, 4.69) is 5.32 Å². The molecule has 3 N–H and O–H groups in total. The molecule has 0 aromatic carbocycles. The third-order valence-electron chi connectivity index (χ3n) is 4.52. The van der Waals surface area contributed by atoms with Gasteiger partial charge >= 0.3 is 0 Å². The number of hydrogen-bond donors (Lipinski definition) is 2. The maximum Gasteiger partial charge on any atom is 0.253 e. The van der Waals surface area contributed by atoms with Gasteiger partial charge in [0.25, 0.3) is 10.0 Å². The third kappa shape index (κ3) is 3.60. The molecule has 2 heterocycles. The van der Waals surface area contributed by atoms with E-state index >= 15 is 0 Å². The molecule has 0 radical (unpaired) electrons. The van der Waals surface area contributed by atoms with Crippen molar-refractivity contribution >= 4 is 27.3 Å². The topological polar surface area (TPSA) is 92.5 Å². The lowest BCUT2D eigenvalue weighted by molar-refractivity contribution is -0.124. The maximum atomic E-state index is 12.8. The molecule has 128 valence electrons. The van der Waals surface area contributed by atoms with Gasteiger partial charge < -0.3 is 11.1 Å². The first kappa shape index (κ1) is 16.9. The Kier molecular flexibility index (Phi) is 4.78. The molecule has 1 aliphatic carbocycles. The summed E-state index contributed by atoms with van der Waals surface area (Å²) < 4.78 is 27.2. The van der Waals surface area contributed by atoms with Crippen LogP contribution in [0.5, 0.6) is 0 Å². The summed E-state index contributed by atoms with van der Waals surface area (Å²) in [5.74, 6) is 0.281. The molecule has 2 aliphatic rings. The highest BCUT2D eigenvalue weighted by Gasteiger charge is 2.40. The number of thiophene rings is 1. The Labute approximate surface area is 141 Å². The number of nitrogens with zero attached hydrogens (tertiary/aromatic N) is 1. The molecular formula is C15H23N3O3S2. The van der Waals surface area contributed by atoms with Crippen molar-refractivity contribution in [2.45, 2.75) is 48.9 Å². The van der Waals surface area contributed by atoms with Crippen LogP contribution in [0.15, 0.2) is 16.3 Å². The lowest BCUT2D eigenvalue weighted by Gasteiger charge is -2.23. The first-order valence-corrected chi connectivity index (χ1v) is 10.3. The van der Waals surface area contributed by atoms with Gasteiger partial charge in [-0.1, -0.05) is 0 Å². The van der Waals surface area contributed by atoms with Crippen LogP contribution in [0.25, 0.3) is 0 Å². The van der Waals surface area contributed by atoms with Gasteiger partial charge in [-0.05, 0) is 50.7 Å². The normalized spacial score (nSPS) is 23.8. The molecule has 2 atom stereocenters. The van der Waals surface area contributed by atoms with E-state index in [1.165, 1.54) is 15.6 Å². The minimum Gasteiger partial charge on any atom is -0.353 e. The molecule has 1 saturated heterocycles. The molecule has 0 bridgehead atoms. The second-order valence-corrected chi connectivity index (χ2v) is 9.79. The molecule has 1 amide bonds. The molecule has 2 fully saturated rings. The van der Waals surface area contributed by atoms with Gasteiger partial charge in [0, 0.05) is 24.0 Å². The Hall–Kier alpha value is -0.960. The van der Waals surface area contributed by atoms with Crippen molar-refractivity contribution in [2.75, 3.05) is 13.1 Å². The van der Waals surface area contributed by atoms with Crippen LogP contribution in [0.1, 0.15) is 30.6 Å². The Morgan fingerprint density at radius 1 is 1.43 bits per heavy atom. The fourth-order valence-electron chi connectivity index (χ4n) is 2.98. The van der Waals surface area contributed by atoms with Gasteiger partial charge in [0.2, 0.25) is 5.91 Å². The second kappa shape index (κ2) is 6.51. The molecule has 1 saturated carbocycles. The van der Waals surface area contributed by atoms with Gasteiger partial charge in [0.05, 0.1) is 0 Å². The van der Waals surface area contributed by atoms with Crippen molar-refractivity contribution in [3.05, 3.63) is 17.0 Å². The number of carbonyl (C=O) groups excluding carboxylic acids is 1. The highest BCUT2D eigenvalue weighted by molar-refractivity contribution is 7.91. The first-order chi connectivity index (χ1) is 10.9. The Morgan fingerprint density at radius 3 is 2.78 bits per heavy atom. The van der Waals surface area contributed by atoms with E-state index in [9.17, 15) is 13.2 Å². The van der Waals surface area contributed by atoms with Crippen LogP contribution >= 0.6 is 11.3 Å². The predicted molar refractivity (Wildman–Crippen MR) is 89.7 cm³/mol. The molecule has 3 rings (SSSR count). The fourth-order valence-corrected chi connectivity index (χ4v) is 6.05. The Bertz CT molecular complexity index is 682. The monoisotopic (exact) mass is 357 g/mol. The average molecular weight is 358 g/mol. The Morgan fingerprint density at radius 2 is 2.17 bits per heavy atom. The van der Waals surface area contributed by atoms with Crippen molar-refractivity contribution in [1.29, 1.82) is 0 Å². The smallest absolute Gasteiger partial charge is 0.253 e. The second-order valence-electron chi connectivity index (χ2n) is 6.39. The highest BCUT2D eigenvalue weighted by atomic mass is 32.2. The lowest BCUT2D eigenvalue weighted by Crippen LogP contribution is -2.48. The van der Waals surface area contributed by atoms with Crippen molar-refractivity contribution < 1.29 is 13.2 Å². The maximum absolute atomic E-state index is 12.8. The van der Waals surface area contributed by atoms with E-state index in [4.69, 9.17) is 5.73 Å². The zero-order chi connectivity index (χ0) is 16.6. The van der Waals surface area contributed by atoms with Crippen molar-refractivity contribution in [1.82, 2.24) is 9.62 Å². The number of amides is 1. The summed E-state index contributed by atoms with van der Waals surface area (Å²) in [6, 6.07) is 2.77. The third-order valence-corrected chi connectivity index (χ3v) is 7.90. The molecule has 6 nitrogen and oxygen atoms in total. The van der Waals surface area contributed by atoms with Crippen LogP contribution in [-0.2, 0) is 14.8 Å². The molecule has 1 aromatic rings. The largest absolute Gasteiger partial charge is 0.353 e. The Balaban J connectivity index is 1.68. The van der Waals surface area contributed by atoms with Crippen LogP contribution in [-0.4, -0.2) is 43.8 Å². The number of carbonyl (C=O) groups is 1. The van der Waals surface area contributed by atoms with Crippen molar-refractivity contribution in [3.63, 3.8) is 0 Å². The number of rotatable bonds is 6. The molecule has 0 spiro atoms. The number of aryl methyl sites for hydroxylation is 1. The number of hydrogen-bond acceptors (Lipinski definition) is 5. The molecule has 1 aliphatic heterocycles. The lowest BCUT2D eigenvalue weighted by atomic mass is 10.2. The van der Waals surface area contributed by atoms with E-state index in [-0.39, 0.29) is 11.9 Å². The molecule has 23 heavy (non-hydrogen) atoms. The first-order valence-electron chi connectivity index (χ1n) is 8.01. The fraction of sp³-hybridized carbons (Fsp3) is 0.667. The molecule has 8 heteroatoms. The van der Waals surface area contributed by atoms with Gasteiger partial charge in [-0.2, -0.15) is 4.31 Å². The van der Waals surface area contributed by atoms with Gasteiger partial charge in [-0.25, -0.2) is 8.42 Å². The number of sulfonamides is 1. The van der Waals surface area contributed by atoms with Crippen molar-refractivity contribution in [3.8, 4) is 0 Å². The van der Waals surface area contributed by atoms with E-state index < -0.39 is 16.1 Å². The van der Waals surface area contributed by atoms with E-state index in [1.807, 2.05) is 6.92 Å². The highest BCUT2D eigenvalue weighted by Crippen LogP contribution is 2.32. The van der Waals surface area contributed by atoms with Crippen LogP contribution < -0.4 is 11.1 Å². The van der Waals surface area contributed by atoms with Gasteiger partial charge in [0.15, 0.2) is 0 Å². The van der Waals surface area contributed by atoms with Crippen LogP contribution in [0.3, 0.4) is 0 Å². The molecular weight excluding hydrogens is 334 g/mol. The predicted octanol–water partition coefficient (Wildman–Crippen LogP) is 1.06. The van der Waals surface area contributed by atoms with Crippen LogP contribution in [0.4, 0.5) is 0 Å². The average Bonchev–Trinajstić information content (AvgIpc) is 3.06. The van der Waals surface area contributed by atoms with Gasteiger partial charge in [-0.3, -0.25) is 4.79 Å². The van der Waals surface area contributed by atoms with Crippen LogP contribution in [0.2, 0.25) is 0 Å². The molecule has 1 aromatic heterocycles.